The number of halogens is 1. The smallest absolute Gasteiger partial charge is 0.221 e. The fraction of sp³-hybridized carbons (Fsp3) is 0.417. The lowest BCUT2D eigenvalue weighted by Crippen LogP contribution is -2.25. The Hall–Kier alpha value is -1.42. The summed E-state index contributed by atoms with van der Waals surface area (Å²) in [5.74, 6) is 1.03. The van der Waals surface area contributed by atoms with Gasteiger partial charge in [-0.2, -0.15) is 0 Å². The molecule has 17 heavy (non-hydrogen) atoms. The predicted molar refractivity (Wildman–Crippen MR) is 66.7 cm³/mol. The Kier molecular flexibility index (Phi) is 5.63. The average molecular weight is 258 g/mol. The van der Waals surface area contributed by atoms with Gasteiger partial charge in [0, 0.05) is 24.9 Å². The highest BCUT2D eigenvalue weighted by molar-refractivity contribution is 6.18. The third kappa shape index (κ3) is 4.53. The number of ether oxygens (including phenoxy) is 1. The molecule has 1 amide bonds. The van der Waals surface area contributed by atoms with Crippen LogP contribution in [0.1, 0.15) is 12.0 Å². The predicted octanol–water partition coefficient (Wildman–Crippen LogP) is 1.69. The summed E-state index contributed by atoms with van der Waals surface area (Å²) in [6, 6.07) is 5.10. The van der Waals surface area contributed by atoms with E-state index in [1.165, 1.54) is 0 Å². The van der Waals surface area contributed by atoms with Crippen molar-refractivity contribution in [1.82, 2.24) is 5.32 Å². The van der Waals surface area contributed by atoms with Crippen LogP contribution in [0.25, 0.3) is 0 Å². The number of benzene rings is 1. The van der Waals surface area contributed by atoms with E-state index in [1.807, 2.05) is 0 Å². The summed E-state index contributed by atoms with van der Waals surface area (Å²) in [5, 5.41) is 12.4. The van der Waals surface area contributed by atoms with Crippen LogP contribution in [-0.2, 0) is 11.2 Å². The van der Waals surface area contributed by atoms with Gasteiger partial charge in [0.25, 0.3) is 0 Å². The molecule has 0 spiro atoms. The highest BCUT2D eigenvalue weighted by Gasteiger charge is 2.04. The van der Waals surface area contributed by atoms with Crippen molar-refractivity contribution in [1.29, 1.82) is 0 Å². The molecule has 0 aromatic heterocycles. The largest absolute Gasteiger partial charge is 0.508 e. The molecule has 1 rings (SSSR count). The third-order valence-corrected chi connectivity index (χ3v) is 2.52. The van der Waals surface area contributed by atoms with Crippen LogP contribution in [0.4, 0.5) is 0 Å². The molecule has 0 bridgehead atoms. The Bertz CT molecular complexity index is 382. The highest BCUT2D eigenvalue weighted by Crippen LogP contribution is 2.23. The minimum Gasteiger partial charge on any atom is -0.508 e. The van der Waals surface area contributed by atoms with E-state index in [-0.39, 0.29) is 11.7 Å². The molecule has 0 saturated carbocycles. The summed E-state index contributed by atoms with van der Waals surface area (Å²) in [5.41, 5.74) is 0.775. The van der Waals surface area contributed by atoms with E-state index in [9.17, 15) is 9.90 Å². The maximum Gasteiger partial charge on any atom is 0.221 e. The molecule has 1 aromatic carbocycles. The van der Waals surface area contributed by atoms with Crippen LogP contribution in [0.2, 0.25) is 0 Å². The van der Waals surface area contributed by atoms with E-state index in [1.54, 1.807) is 25.3 Å². The van der Waals surface area contributed by atoms with E-state index in [2.05, 4.69) is 5.32 Å². The average Bonchev–Trinajstić information content (AvgIpc) is 2.31. The van der Waals surface area contributed by atoms with Crippen molar-refractivity contribution < 1.29 is 14.6 Å². The fourth-order valence-electron chi connectivity index (χ4n) is 1.39. The molecule has 2 N–H and O–H groups in total. The maximum absolute atomic E-state index is 11.1. The topological polar surface area (TPSA) is 58.6 Å². The number of alkyl halides is 1. The molecule has 0 atom stereocenters. The van der Waals surface area contributed by atoms with E-state index >= 15 is 0 Å². The van der Waals surface area contributed by atoms with Crippen LogP contribution in [0.3, 0.4) is 0 Å². The second kappa shape index (κ2) is 7.01. The molecule has 0 saturated heterocycles. The first-order valence-corrected chi connectivity index (χ1v) is 5.89. The van der Waals surface area contributed by atoms with E-state index in [0.717, 1.165) is 5.56 Å². The second-order valence-corrected chi connectivity index (χ2v) is 3.91. The first kappa shape index (κ1) is 13.6. The van der Waals surface area contributed by atoms with Crippen molar-refractivity contribution in [2.75, 3.05) is 19.5 Å². The van der Waals surface area contributed by atoms with Crippen LogP contribution in [0.5, 0.6) is 11.5 Å². The first-order chi connectivity index (χ1) is 8.17. The van der Waals surface area contributed by atoms with Crippen molar-refractivity contribution in [3.63, 3.8) is 0 Å². The third-order valence-electron chi connectivity index (χ3n) is 2.33. The SMILES string of the molecule is COc1ccc(CCNC(=O)CCCl)c(O)c1. The monoisotopic (exact) mass is 257 g/mol. The van der Waals surface area contributed by atoms with Crippen molar-refractivity contribution in [2.45, 2.75) is 12.8 Å². The molecular weight excluding hydrogens is 242 g/mol. The van der Waals surface area contributed by atoms with E-state index in [4.69, 9.17) is 16.3 Å². The van der Waals surface area contributed by atoms with Crippen molar-refractivity contribution in [3.8, 4) is 11.5 Å². The van der Waals surface area contributed by atoms with Crippen LogP contribution in [-0.4, -0.2) is 30.5 Å². The Labute approximate surface area is 106 Å². The minimum absolute atomic E-state index is 0.0759. The normalized spacial score (nSPS) is 10.0. The van der Waals surface area contributed by atoms with Gasteiger partial charge in [0.2, 0.25) is 5.91 Å². The van der Waals surface area contributed by atoms with Gasteiger partial charge >= 0.3 is 0 Å². The molecule has 0 aliphatic carbocycles. The molecule has 0 aliphatic heterocycles. The zero-order valence-corrected chi connectivity index (χ0v) is 10.5. The number of hydrogen-bond donors (Lipinski definition) is 2. The molecule has 0 radical (unpaired) electrons. The van der Waals surface area contributed by atoms with Gasteiger partial charge in [-0.25, -0.2) is 0 Å². The number of rotatable bonds is 6. The summed E-state index contributed by atoms with van der Waals surface area (Å²) in [6.45, 7) is 0.482. The number of phenols is 1. The molecule has 1 aromatic rings. The fourth-order valence-corrected chi connectivity index (χ4v) is 1.56. The molecule has 0 aliphatic rings. The zero-order chi connectivity index (χ0) is 12.7. The molecule has 0 heterocycles. The Morgan fingerprint density at radius 3 is 2.88 bits per heavy atom. The quantitative estimate of drug-likeness (QED) is 0.763. The summed E-state index contributed by atoms with van der Waals surface area (Å²) in [6.07, 6.45) is 0.889. The standard InChI is InChI=1S/C12H16ClNO3/c1-17-10-3-2-9(11(15)8-10)5-7-14-12(16)4-6-13/h2-3,8,15H,4-7H2,1H3,(H,14,16). The molecule has 4 nitrogen and oxygen atoms in total. The summed E-state index contributed by atoms with van der Waals surface area (Å²) < 4.78 is 4.98. The molecule has 0 fully saturated rings. The van der Waals surface area contributed by atoms with Gasteiger partial charge in [-0.1, -0.05) is 6.07 Å². The molecule has 5 heteroatoms. The second-order valence-electron chi connectivity index (χ2n) is 3.53. The Balaban J connectivity index is 2.44. The number of nitrogens with one attached hydrogen (secondary N) is 1. The Morgan fingerprint density at radius 2 is 2.29 bits per heavy atom. The van der Waals surface area contributed by atoms with Gasteiger partial charge in [0.1, 0.15) is 11.5 Å². The van der Waals surface area contributed by atoms with Crippen molar-refractivity contribution in [2.24, 2.45) is 0 Å². The van der Waals surface area contributed by atoms with Gasteiger partial charge in [-0.05, 0) is 18.1 Å². The number of carbonyl (C=O) groups is 1. The zero-order valence-electron chi connectivity index (χ0n) is 9.70. The van der Waals surface area contributed by atoms with Crippen LogP contribution >= 0.6 is 11.6 Å². The number of hydrogen-bond acceptors (Lipinski definition) is 3. The molecule has 0 unspecified atom stereocenters. The van der Waals surface area contributed by atoms with Crippen LogP contribution in [0.15, 0.2) is 18.2 Å². The number of phenolic OH excluding ortho intramolecular Hbond substituents is 1. The van der Waals surface area contributed by atoms with Gasteiger partial charge < -0.3 is 15.2 Å². The Morgan fingerprint density at radius 1 is 1.53 bits per heavy atom. The number of amides is 1. The van der Waals surface area contributed by atoms with Crippen molar-refractivity contribution in [3.05, 3.63) is 23.8 Å². The molecular formula is C12H16ClNO3. The summed E-state index contributed by atoms with van der Waals surface area (Å²) >= 11 is 5.44. The summed E-state index contributed by atoms with van der Waals surface area (Å²) in [7, 11) is 1.54. The number of carbonyl (C=O) groups excluding carboxylic acids is 1. The first-order valence-electron chi connectivity index (χ1n) is 5.36. The van der Waals surface area contributed by atoms with Crippen molar-refractivity contribution >= 4 is 17.5 Å². The van der Waals surface area contributed by atoms with Crippen LogP contribution < -0.4 is 10.1 Å². The number of aromatic hydroxyl groups is 1. The highest BCUT2D eigenvalue weighted by atomic mass is 35.5. The maximum atomic E-state index is 11.1. The minimum atomic E-state index is -0.0759. The van der Waals surface area contributed by atoms with Gasteiger partial charge in [-0.3, -0.25) is 4.79 Å². The van der Waals surface area contributed by atoms with Crippen LogP contribution in [0, 0.1) is 0 Å². The van der Waals surface area contributed by atoms with E-state index < -0.39 is 0 Å². The van der Waals surface area contributed by atoms with E-state index in [0.29, 0.717) is 31.0 Å². The lowest BCUT2D eigenvalue weighted by molar-refractivity contribution is -0.120. The lowest BCUT2D eigenvalue weighted by Gasteiger charge is -2.07. The van der Waals surface area contributed by atoms with Gasteiger partial charge in [0.05, 0.1) is 7.11 Å². The number of methoxy groups -OCH3 is 1. The van der Waals surface area contributed by atoms with Gasteiger partial charge in [0.15, 0.2) is 0 Å². The summed E-state index contributed by atoms with van der Waals surface area (Å²) in [4.78, 5) is 11.1. The molecule has 94 valence electrons. The van der Waals surface area contributed by atoms with Gasteiger partial charge in [-0.15, -0.1) is 11.6 Å². The lowest BCUT2D eigenvalue weighted by atomic mass is 10.1.